The van der Waals surface area contributed by atoms with Crippen LogP contribution in [-0.2, 0) is 21.4 Å². The van der Waals surface area contributed by atoms with E-state index in [4.69, 9.17) is 4.74 Å². The monoisotopic (exact) mass is 358 g/mol. The second kappa shape index (κ2) is 6.86. The van der Waals surface area contributed by atoms with Gasteiger partial charge in [-0.25, -0.2) is 8.42 Å². The molecule has 1 saturated heterocycles. The molecular formula is C19H22N2O3S. The van der Waals surface area contributed by atoms with Crippen molar-refractivity contribution in [3.05, 3.63) is 60.4 Å². The van der Waals surface area contributed by atoms with Crippen molar-refractivity contribution in [3.8, 4) is 0 Å². The lowest BCUT2D eigenvalue weighted by atomic mass is 10.0. The van der Waals surface area contributed by atoms with Gasteiger partial charge in [-0.3, -0.25) is 4.98 Å². The lowest BCUT2D eigenvalue weighted by molar-refractivity contribution is 0.0392. The zero-order chi connectivity index (χ0) is 17.3. The number of pyridine rings is 1. The van der Waals surface area contributed by atoms with Crippen LogP contribution in [0.15, 0.2) is 59.8 Å². The van der Waals surface area contributed by atoms with Crippen molar-refractivity contribution in [1.82, 2.24) is 9.29 Å². The number of rotatable bonds is 5. The van der Waals surface area contributed by atoms with E-state index in [2.05, 4.69) is 17.1 Å². The molecule has 2 aromatic rings. The van der Waals surface area contributed by atoms with Gasteiger partial charge in [-0.2, -0.15) is 4.31 Å². The molecule has 0 spiro atoms. The second-order valence-corrected chi connectivity index (χ2v) is 8.86. The van der Waals surface area contributed by atoms with Crippen LogP contribution in [-0.4, -0.2) is 36.9 Å². The molecule has 1 aliphatic heterocycles. The van der Waals surface area contributed by atoms with Crippen molar-refractivity contribution in [2.45, 2.75) is 30.4 Å². The van der Waals surface area contributed by atoms with Gasteiger partial charge in [0.1, 0.15) is 4.90 Å². The number of benzene rings is 1. The first-order valence-electron chi connectivity index (χ1n) is 8.68. The standard InChI is InChI=1S/C19H22N2O3S/c22-25(23,19-7-4-8-20-11-19)21-12-16-9-18(10-17(16)13-21)24-14-15-5-2-1-3-6-15/h1-8,11,16-18H,9-10,12-14H2/t16-,17+,18?. The van der Waals surface area contributed by atoms with Crippen molar-refractivity contribution in [2.24, 2.45) is 11.8 Å². The topological polar surface area (TPSA) is 59.5 Å². The van der Waals surface area contributed by atoms with Gasteiger partial charge in [0, 0.05) is 25.5 Å². The summed E-state index contributed by atoms with van der Waals surface area (Å²) in [6.07, 6.45) is 5.13. The molecule has 1 aromatic heterocycles. The average molecular weight is 358 g/mol. The fourth-order valence-corrected chi connectivity index (χ4v) is 5.49. The molecule has 2 fully saturated rings. The Morgan fingerprint density at radius 3 is 2.40 bits per heavy atom. The van der Waals surface area contributed by atoms with Gasteiger partial charge in [0.2, 0.25) is 10.0 Å². The zero-order valence-electron chi connectivity index (χ0n) is 14.0. The molecule has 1 aromatic carbocycles. The summed E-state index contributed by atoms with van der Waals surface area (Å²) in [7, 11) is -3.42. The third kappa shape index (κ3) is 3.47. The normalized spacial score (nSPS) is 26.6. The van der Waals surface area contributed by atoms with Crippen molar-refractivity contribution in [3.63, 3.8) is 0 Å². The molecule has 0 radical (unpaired) electrons. The fraction of sp³-hybridized carbons (Fsp3) is 0.421. The number of aromatic nitrogens is 1. The lowest BCUT2D eigenvalue weighted by Crippen LogP contribution is -2.30. The molecule has 4 rings (SSSR count). The van der Waals surface area contributed by atoms with Crippen LogP contribution < -0.4 is 0 Å². The molecule has 5 nitrogen and oxygen atoms in total. The highest BCUT2D eigenvalue weighted by atomic mass is 32.2. The fourth-order valence-electron chi connectivity index (χ4n) is 3.97. The van der Waals surface area contributed by atoms with E-state index in [1.807, 2.05) is 18.2 Å². The summed E-state index contributed by atoms with van der Waals surface area (Å²) in [4.78, 5) is 4.22. The van der Waals surface area contributed by atoms with Crippen molar-refractivity contribution < 1.29 is 13.2 Å². The van der Waals surface area contributed by atoms with Crippen LogP contribution in [0.3, 0.4) is 0 Å². The van der Waals surface area contributed by atoms with Crippen LogP contribution in [0.2, 0.25) is 0 Å². The first-order chi connectivity index (χ1) is 12.1. The number of nitrogens with zero attached hydrogens (tertiary/aromatic N) is 2. The van der Waals surface area contributed by atoms with E-state index in [0.29, 0.717) is 31.5 Å². The Balaban J connectivity index is 1.35. The minimum atomic E-state index is -3.42. The maximum atomic E-state index is 12.7. The molecule has 6 heteroatoms. The molecule has 0 N–H and O–H groups in total. The van der Waals surface area contributed by atoms with Crippen LogP contribution >= 0.6 is 0 Å². The Kier molecular flexibility index (Phi) is 4.58. The highest BCUT2D eigenvalue weighted by molar-refractivity contribution is 7.89. The quantitative estimate of drug-likeness (QED) is 0.825. The summed E-state index contributed by atoms with van der Waals surface area (Å²) in [5.74, 6) is 0.791. The minimum Gasteiger partial charge on any atom is -0.374 e. The summed E-state index contributed by atoms with van der Waals surface area (Å²) < 4.78 is 33.1. The van der Waals surface area contributed by atoms with Gasteiger partial charge in [-0.15, -0.1) is 0 Å². The Morgan fingerprint density at radius 2 is 1.76 bits per heavy atom. The van der Waals surface area contributed by atoms with Gasteiger partial charge >= 0.3 is 0 Å². The summed E-state index contributed by atoms with van der Waals surface area (Å²) in [5.41, 5.74) is 1.18. The van der Waals surface area contributed by atoms with Gasteiger partial charge in [0.05, 0.1) is 12.7 Å². The maximum absolute atomic E-state index is 12.7. The highest BCUT2D eigenvalue weighted by Crippen LogP contribution is 2.41. The Bertz CT molecular complexity index is 797. The number of sulfonamides is 1. The van der Waals surface area contributed by atoms with E-state index < -0.39 is 10.0 Å². The predicted molar refractivity (Wildman–Crippen MR) is 94.2 cm³/mol. The molecule has 1 aliphatic carbocycles. The van der Waals surface area contributed by atoms with Crippen LogP contribution in [0, 0.1) is 11.8 Å². The summed E-state index contributed by atoms with van der Waals surface area (Å²) in [6.45, 7) is 1.81. The van der Waals surface area contributed by atoms with E-state index in [9.17, 15) is 8.42 Å². The molecule has 25 heavy (non-hydrogen) atoms. The van der Waals surface area contributed by atoms with E-state index in [1.165, 1.54) is 11.8 Å². The highest BCUT2D eigenvalue weighted by Gasteiger charge is 2.45. The van der Waals surface area contributed by atoms with Crippen molar-refractivity contribution in [1.29, 1.82) is 0 Å². The molecule has 1 saturated carbocycles. The van der Waals surface area contributed by atoms with E-state index >= 15 is 0 Å². The lowest BCUT2D eigenvalue weighted by Gasteiger charge is -2.19. The first-order valence-corrected chi connectivity index (χ1v) is 10.1. The van der Waals surface area contributed by atoms with E-state index in [1.54, 1.807) is 22.6 Å². The summed E-state index contributed by atoms with van der Waals surface area (Å²) >= 11 is 0. The molecule has 132 valence electrons. The number of ether oxygens (including phenoxy) is 1. The molecular weight excluding hydrogens is 336 g/mol. The van der Waals surface area contributed by atoms with Gasteiger partial charge in [-0.05, 0) is 42.4 Å². The number of fused-ring (bicyclic) bond motifs is 1. The van der Waals surface area contributed by atoms with E-state index in [0.717, 1.165) is 12.8 Å². The van der Waals surface area contributed by atoms with Gasteiger partial charge in [0.25, 0.3) is 0 Å². The van der Waals surface area contributed by atoms with Crippen LogP contribution in [0.4, 0.5) is 0 Å². The first kappa shape index (κ1) is 16.7. The zero-order valence-corrected chi connectivity index (χ0v) is 14.8. The smallest absolute Gasteiger partial charge is 0.244 e. The Hall–Kier alpha value is -1.76. The number of hydrogen-bond donors (Lipinski definition) is 0. The molecule has 2 heterocycles. The minimum absolute atomic E-state index is 0.235. The molecule has 0 bridgehead atoms. The van der Waals surface area contributed by atoms with E-state index in [-0.39, 0.29) is 11.0 Å². The van der Waals surface area contributed by atoms with Crippen molar-refractivity contribution >= 4 is 10.0 Å². The second-order valence-electron chi connectivity index (χ2n) is 6.92. The van der Waals surface area contributed by atoms with Gasteiger partial charge in [-0.1, -0.05) is 30.3 Å². The third-order valence-corrected chi connectivity index (χ3v) is 7.09. The summed E-state index contributed by atoms with van der Waals surface area (Å²) in [6, 6.07) is 13.4. The molecule has 0 amide bonds. The third-order valence-electron chi connectivity index (χ3n) is 5.27. The SMILES string of the molecule is O=S(=O)(c1cccnc1)N1C[C@H]2CC(OCc3ccccc3)C[C@H]2C1. The van der Waals surface area contributed by atoms with Crippen LogP contribution in [0.25, 0.3) is 0 Å². The van der Waals surface area contributed by atoms with Gasteiger partial charge in [0.15, 0.2) is 0 Å². The Labute approximate surface area is 148 Å². The molecule has 3 atom stereocenters. The number of hydrogen-bond acceptors (Lipinski definition) is 4. The van der Waals surface area contributed by atoms with Gasteiger partial charge < -0.3 is 4.74 Å². The van der Waals surface area contributed by atoms with Crippen LogP contribution in [0.1, 0.15) is 18.4 Å². The maximum Gasteiger partial charge on any atom is 0.244 e. The molecule has 1 unspecified atom stereocenters. The largest absolute Gasteiger partial charge is 0.374 e. The predicted octanol–water partition coefficient (Wildman–Crippen LogP) is 2.70. The Morgan fingerprint density at radius 1 is 1.04 bits per heavy atom. The summed E-state index contributed by atoms with van der Waals surface area (Å²) in [5, 5.41) is 0. The van der Waals surface area contributed by atoms with Crippen LogP contribution in [0.5, 0.6) is 0 Å². The average Bonchev–Trinajstić information content (AvgIpc) is 3.21. The van der Waals surface area contributed by atoms with Crippen molar-refractivity contribution in [2.75, 3.05) is 13.1 Å². The molecule has 2 aliphatic rings.